The second-order valence-corrected chi connectivity index (χ2v) is 28.6. The lowest BCUT2D eigenvalue weighted by molar-refractivity contribution is -0.713. The maximum atomic E-state index is 6.81. The molecule has 0 aliphatic rings. The summed E-state index contributed by atoms with van der Waals surface area (Å²) in [4.78, 5) is 4.45. The Kier molecular flexibility index (Phi) is 9.91. The minimum absolute atomic E-state index is 0.910. The van der Waals surface area contributed by atoms with Gasteiger partial charge >= 0.3 is 22.3 Å². The maximum absolute atomic E-state index is 6.81. The molecule has 1 aromatic heterocycles. The first kappa shape index (κ1) is 28.6. The summed E-state index contributed by atoms with van der Waals surface area (Å²) in [6.45, 7) is 20.1. The Balaban J connectivity index is 2.03. The number of benzene rings is 1. The summed E-state index contributed by atoms with van der Waals surface area (Å²) in [5.74, 6) is 0.910. The van der Waals surface area contributed by atoms with Gasteiger partial charge in [-0.3, -0.25) is 0 Å². The number of thioether (sulfide) groups is 1. The second-order valence-electron chi connectivity index (χ2n) is 11.2. The molecule has 0 saturated carbocycles. The number of nitrogens with zero attached hydrogens (tertiary/aromatic N) is 2. The third kappa shape index (κ3) is 11.1. The van der Waals surface area contributed by atoms with E-state index in [1.165, 1.54) is 11.1 Å². The molecule has 10 heteroatoms. The first-order valence-electron chi connectivity index (χ1n) is 11.7. The average Bonchev–Trinajstić information content (AvgIpc) is 2.62. The summed E-state index contributed by atoms with van der Waals surface area (Å²) in [7, 11) is -6.02. The minimum Gasteiger partial charge on any atom is -0.437 e. The largest absolute Gasteiger partial charge is 0.437 e. The van der Waals surface area contributed by atoms with Crippen molar-refractivity contribution in [1.82, 2.24) is 4.98 Å². The topological polar surface area (TPSA) is 44.5 Å². The Morgan fingerprint density at radius 2 is 1.39 bits per heavy atom. The Morgan fingerprint density at radius 3 is 1.94 bits per heavy atom. The van der Waals surface area contributed by atoms with Gasteiger partial charge in [0.15, 0.2) is 16.6 Å². The molecule has 2 aromatic rings. The Morgan fingerprint density at radius 1 is 0.818 bits per heavy atom. The van der Waals surface area contributed by atoms with E-state index in [2.05, 4.69) is 92.7 Å². The zero-order chi connectivity index (χ0) is 24.9. The van der Waals surface area contributed by atoms with Crippen LogP contribution in [-0.2, 0) is 31.6 Å². The first-order chi connectivity index (χ1) is 15.1. The van der Waals surface area contributed by atoms with Gasteiger partial charge in [0.05, 0.1) is 13.2 Å². The molecule has 5 nitrogen and oxygen atoms in total. The van der Waals surface area contributed by atoms with Gasteiger partial charge in [-0.15, -0.1) is 0 Å². The summed E-state index contributed by atoms with van der Waals surface area (Å²) >= 11 is 1.76. The molecule has 0 saturated heterocycles. The average molecular weight is 540 g/mol. The van der Waals surface area contributed by atoms with Crippen LogP contribution in [0.2, 0.25) is 65.0 Å². The highest BCUT2D eigenvalue weighted by atomic mass is 32.2. The molecule has 0 N–H and O–H groups in total. The van der Waals surface area contributed by atoms with Gasteiger partial charge in [-0.25, -0.2) is 4.57 Å². The molecule has 1 heterocycles. The van der Waals surface area contributed by atoms with Gasteiger partial charge in [0.25, 0.3) is 0 Å². The molecule has 0 fully saturated rings. The van der Waals surface area contributed by atoms with E-state index in [1.807, 2.05) is 25.5 Å². The molecule has 0 amide bonds. The summed E-state index contributed by atoms with van der Waals surface area (Å²) in [6, 6.07) is 11.9. The zero-order valence-electron chi connectivity index (χ0n) is 22.2. The van der Waals surface area contributed by atoms with E-state index in [0.717, 1.165) is 23.4 Å². The van der Waals surface area contributed by atoms with Crippen molar-refractivity contribution in [3.8, 4) is 0 Å². The third-order valence-electron chi connectivity index (χ3n) is 4.68. The van der Waals surface area contributed by atoms with Crippen LogP contribution < -0.4 is 4.57 Å². The van der Waals surface area contributed by atoms with Gasteiger partial charge in [-0.1, -0.05) is 24.3 Å². The van der Waals surface area contributed by atoms with Crippen LogP contribution in [0.15, 0.2) is 47.9 Å². The predicted molar refractivity (Wildman–Crippen MR) is 149 cm³/mol. The summed E-state index contributed by atoms with van der Waals surface area (Å²) in [6.07, 6.45) is 4.84. The molecular weight excluding hydrogens is 497 g/mol. The predicted octanol–water partition coefficient (Wildman–Crippen LogP) is 6.23. The van der Waals surface area contributed by atoms with E-state index in [-0.39, 0.29) is 0 Å². The van der Waals surface area contributed by atoms with E-state index in [0.29, 0.717) is 0 Å². The molecule has 2 rings (SSSR count). The van der Waals surface area contributed by atoms with Crippen molar-refractivity contribution in [3.05, 3.63) is 53.9 Å². The number of hydrogen-bond donors (Lipinski definition) is 0. The van der Waals surface area contributed by atoms with Crippen molar-refractivity contribution in [2.24, 2.45) is 7.05 Å². The summed E-state index contributed by atoms with van der Waals surface area (Å²) in [5, 5.41) is 1.02. The number of aromatic nitrogens is 2. The van der Waals surface area contributed by atoms with Crippen molar-refractivity contribution in [1.29, 1.82) is 0 Å². The van der Waals surface area contributed by atoms with Crippen molar-refractivity contribution >= 4 is 45.5 Å². The van der Waals surface area contributed by atoms with Crippen molar-refractivity contribution in [3.63, 3.8) is 0 Å². The number of aryl methyl sites for hydroxylation is 2. The molecule has 0 aliphatic carbocycles. The van der Waals surface area contributed by atoms with Crippen molar-refractivity contribution < 1.29 is 16.9 Å². The third-order valence-corrected chi connectivity index (χ3v) is 19.3. The molecule has 33 heavy (non-hydrogen) atoms. The Labute approximate surface area is 210 Å². The van der Waals surface area contributed by atoms with E-state index in [9.17, 15) is 0 Å². The molecule has 0 bridgehead atoms. The highest BCUT2D eigenvalue weighted by molar-refractivity contribution is 7.98. The normalized spacial score (nSPS) is 14.8. The molecule has 0 spiro atoms. The van der Waals surface area contributed by atoms with Gasteiger partial charge in [0.1, 0.15) is 6.20 Å². The molecular formula is C23H43N2O3SSi4+. The highest BCUT2D eigenvalue weighted by Crippen LogP contribution is 2.28. The maximum Gasteiger partial charge on any atom is 0.359 e. The van der Waals surface area contributed by atoms with Gasteiger partial charge < -0.3 is 12.3 Å². The lowest BCUT2D eigenvalue weighted by Crippen LogP contribution is -2.57. The first-order valence-corrected chi connectivity index (χ1v) is 24.8. The van der Waals surface area contributed by atoms with Gasteiger partial charge in [0.2, 0.25) is 0 Å². The van der Waals surface area contributed by atoms with Crippen LogP contribution in [0.4, 0.5) is 0 Å². The fraction of sp³-hybridized carbons (Fsp3) is 0.565. The summed E-state index contributed by atoms with van der Waals surface area (Å²) in [5.41, 5.74) is 2.64. The molecule has 1 atom stereocenters. The number of rotatable bonds is 12. The fourth-order valence-electron chi connectivity index (χ4n) is 3.94. The van der Waals surface area contributed by atoms with Crippen LogP contribution in [0.25, 0.3) is 0 Å². The minimum atomic E-state index is -2.38. The van der Waals surface area contributed by atoms with E-state index in [4.69, 9.17) is 12.3 Å². The standard InChI is InChI=1S/C23H43N2O3SSi4/c1-25-18-11-17-24-23(25)29-20-22-14-12-21(13-15-22)16-19-33(10,27-31(5,6)7)28-32(8,9)26-30(2,3)4/h11-15,17-18H,16,19-20H2,1-10H3/q+1. The Hall–Kier alpha value is -0.602. The molecule has 0 radical (unpaired) electrons. The van der Waals surface area contributed by atoms with E-state index >= 15 is 0 Å². The monoisotopic (exact) mass is 539 g/mol. The van der Waals surface area contributed by atoms with Gasteiger partial charge in [-0.05, 0) is 99.3 Å². The highest BCUT2D eigenvalue weighted by Gasteiger charge is 2.44. The second kappa shape index (κ2) is 11.4. The molecule has 184 valence electrons. The zero-order valence-corrected chi connectivity index (χ0v) is 27.0. The molecule has 0 aliphatic heterocycles. The summed E-state index contributed by atoms with van der Waals surface area (Å²) < 4.78 is 22.1. The van der Waals surface area contributed by atoms with Crippen LogP contribution in [0, 0.1) is 0 Å². The van der Waals surface area contributed by atoms with Crippen LogP contribution in [-0.4, -0.2) is 38.7 Å². The van der Waals surface area contributed by atoms with E-state index < -0.39 is 33.8 Å². The molecule has 1 unspecified atom stereocenters. The van der Waals surface area contributed by atoms with Gasteiger partial charge in [0, 0.05) is 11.8 Å². The van der Waals surface area contributed by atoms with Gasteiger partial charge in [-0.2, -0.15) is 0 Å². The van der Waals surface area contributed by atoms with Crippen molar-refractivity contribution in [2.45, 2.75) is 82.3 Å². The smallest absolute Gasteiger partial charge is 0.359 e. The van der Waals surface area contributed by atoms with Crippen molar-refractivity contribution in [2.75, 3.05) is 0 Å². The Bertz CT molecular complexity index is 902. The van der Waals surface area contributed by atoms with Crippen LogP contribution in [0.1, 0.15) is 11.1 Å². The number of hydrogen-bond acceptors (Lipinski definition) is 5. The molecule has 1 aromatic carbocycles. The van der Waals surface area contributed by atoms with E-state index in [1.54, 1.807) is 11.8 Å². The lowest BCUT2D eigenvalue weighted by Gasteiger charge is -2.41. The lowest BCUT2D eigenvalue weighted by atomic mass is 10.1. The fourth-order valence-corrected chi connectivity index (χ4v) is 22.7. The SMILES string of the molecule is C[n+]1cccnc1SCc1ccc(CC[Si](C)(O[Si](C)(C)C)O[Si](C)(C)O[Si](C)(C)C)cc1. The van der Waals surface area contributed by atoms with Crippen LogP contribution in [0.5, 0.6) is 0 Å². The quantitative estimate of drug-likeness (QED) is 0.138. The van der Waals surface area contributed by atoms with Crippen LogP contribution >= 0.6 is 11.8 Å². The van der Waals surface area contributed by atoms with Crippen LogP contribution in [0.3, 0.4) is 0 Å².